The first-order valence-corrected chi connectivity index (χ1v) is 12.2. The summed E-state index contributed by atoms with van der Waals surface area (Å²) in [5, 5.41) is 3.36. The SMILES string of the molecule is CN(C)c1nc(NC2CCC(N(C(N)=O)c3ccc(Cl)cc3C(F)(F)F)CC2)nc2c1CCCC2. The number of benzene rings is 1. The van der Waals surface area contributed by atoms with Gasteiger partial charge in [-0.15, -0.1) is 0 Å². The van der Waals surface area contributed by atoms with Gasteiger partial charge in [-0.2, -0.15) is 18.2 Å². The predicted octanol–water partition coefficient (Wildman–Crippen LogP) is 5.40. The minimum absolute atomic E-state index is 0.0462. The number of nitrogens with two attached hydrogens (primary N) is 1. The van der Waals surface area contributed by atoms with Crippen molar-refractivity contribution in [1.82, 2.24) is 9.97 Å². The standard InChI is InChI=1S/C24H30ClF3N6O/c1-33(2)21-17-5-3-4-6-19(17)31-23(32-21)30-15-8-10-16(11-9-15)34(22(29)35)20-12-7-14(25)13-18(20)24(26,27)28/h7,12-13,15-16H,3-6,8-11H2,1-2H3,(H2,29,35)(H,30,31,32). The molecule has 1 heterocycles. The van der Waals surface area contributed by atoms with Gasteiger partial charge in [0.25, 0.3) is 0 Å². The average molecular weight is 511 g/mol. The lowest BCUT2D eigenvalue weighted by Crippen LogP contribution is -2.47. The Kier molecular flexibility index (Phi) is 7.30. The summed E-state index contributed by atoms with van der Waals surface area (Å²) in [6.45, 7) is 0. The van der Waals surface area contributed by atoms with Gasteiger partial charge in [0.1, 0.15) is 5.82 Å². The first kappa shape index (κ1) is 25.3. The first-order chi connectivity index (χ1) is 16.5. The van der Waals surface area contributed by atoms with Crippen LogP contribution >= 0.6 is 11.6 Å². The molecule has 35 heavy (non-hydrogen) atoms. The Bertz CT molecular complexity index is 1090. The summed E-state index contributed by atoms with van der Waals surface area (Å²) in [7, 11) is 3.94. The monoisotopic (exact) mass is 510 g/mol. The van der Waals surface area contributed by atoms with Crippen LogP contribution in [-0.4, -0.2) is 42.2 Å². The molecule has 0 bridgehead atoms. The molecule has 0 saturated heterocycles. The van der Waals surface area contributed by atoms with Crippen LogP contribution in [0.15, 0.2) is 18.2 Å². The third-order valence-electron chi connectivity index (χ3n) is 6.74. The lowest BCUT2D eigenvalue weighted by Gasteiger charge is -2.37. The van der Waals surface area contributed by atoms with E-state index in [4.69, 9.17) is 27.3 Å². The minimum Gasteiger partial charge on any atom is -0.362 e. The quantitative estimate of drug-likeness (QED) is 0.562. The molecule has 4 rings (SSSR count). The highest BCUT2D eigenvalue weighted by Gasteiger charge is 2.39. The van der Waals surface area contributed by atoms with E-state index in [0.717, 1.165) is 48.2 Å². The second-order valence-electron chi connectivity index (χ2n) is 9.41. The van der Waals surface area contributed by atoms with Gasteiger partial charge in [-0.05, 0) is 69.6 Å². The fourth-order valence-corrected chi connectivity index (χ4v) is 5.28. The van der Waals surface area contributed by atoms with E-state index in [1.165, 1.54) is 17.7 Å². The van der Waals surface area contributed by atoms with E-state index >= 15 is 0 Å². The molecule has 11 heteroatoms. The number of nitrogens with zero attached hydrogens (tertiary/aromatic N) is 4. The number of carbonyl (C=O) groups excluding carboxylic acids is 1. The lowest BCUT2D eigenvalue weighted by atomic mass is 9.89. The topological polar surface area (TPSA) is 87.4 Å². The lowest BCUT2D eigenvalue weighted by molar-refractivity contribution is -0.137. The van der Waals surface area contributed by atoms with E-state index < -0.39 is 23.8 Å². The van der Waals surface area contributed by atoms with Crippen molar-refractivity contribution in [3.05, 3.63) is 40.0 Å². The van der Waals surface area contributed by atoms with E-state index in [1.807, 2.05) is 19.0 Å². The van der Waals surface area contributed by atoms with Crippen molar-refractivity contribution in [2.45, 2.75) is 69.6 Å². The van der Waals surface area contributed by atoms with Gasteiger partial charge in [0, 0.05) is 36.8 Å². The molecule has 1 saturated carbocycles. The van der Waals surface area contributed by atoms with Gasteiger partial charge in [-0.1, -0.05) is 11.6 Å². The van der Waals surface area contributed by atoms with E-state index in [2.05, 4.69) is 5.32 Å². The van der Waals surface area contributed by atoms with Crippen molar-refractivity contribution >= 4 is 35.1 Å². The fourth-order valence-electron chi connectivity index (χ4n) is 5.11. The number of amides is 2. The maximum absolute atomic E-state index is 13.7. The predicted molar refractivity (Wildman–Crippen MR) is 131 cm³/mol. The molecule has 1 fully saturated rings. The van der Waals surface area contributed by atoms with Crippen LogP contribution in [0.1, 0.15) is 55.3 Å². The first-order valence-electron chi connectivity index (χ1n) is 11.8. The van der Waals surface area contributed by atoms with Crippen LogP contribution in [0.5, 0.6) is 0 Å². The molecule has 2 aliphatic carbocycles. The largest absolute Gasteiger partial charge is 0.418 e. The van der Waals surface area contributed by atoms with Gasteiger partial charge in [0.15, 0.2) is 0 Å². The second-order valence-corrected chi connectivity index (χ2v) is 9.85. The number of aryl methyl sites for hydroxylation is 1. The van der Waals surface area contributed by atoms with Crippen molar-refractivity contribution in [3.63, 3.8) is 0 Å². The number of rotatable bonds is 5. The molecule has 0 spiro atoms. The third kappa shape index (κ3) is 5.58. The molecule has 2 aromatic rings. The molecule has 0 aliphatic heterocycles. The van der Waals surface area contributed by atoms with Crippen LogP contribution in [0.25, 0.3) is 0 Å². The van der Waals surface area contributed by atoms with Crippen LogP contribution in [0.3, 0.4) is 0 Å². The van der Waals surface area contributed by atoms with Gasteiger partial charge in [-0.25, -0.2) is 9.78 Å². The van der Waals surface area contributed by atoms with Gasteiger partial charge in [0.2, 0.25) is 5.95 Å². The zero-order valence-corrected chi connectivity index (χ0v) is 20.6. The molecule has 3 N–H and O–H groups in total. The van der Waals surface area contributed by atoms with Crippen LogP contribution in [0.2, 0.25) is 5.02 Å². The smallest absolute Gasteiger partial charge is 0.362 e. The highest BCUT2D eigenvalue weighted by molar-refractivity contribution is 6.30. The molecule has 2 aliphatic rings. The summed E-state index contributed by atoms with van der Waals surface area (Å²) in [4.78, 5) is 24.8. The number of nitrogens with one attached hydrogen (secondary N) is 1. The number of hydrogen-bond acceptors (Lipinski definition) is 5. The number of carbonyl (C=O) groups is 1. The molecule has 2 amide bonds. The fraction of sp³-hybridized carbons (Fsp3) is 0.542. The summed E-state index contributed by atoms with van der Waals surface area (Å²) in [6.07, 6.45) is 1.74. The number of urea groups is 1. The molecular weight excluding hydrogens is 481 g/mol. The summed E-state index contributed by atoms with van der Waals surface area (Å²) < 4.78 is 41.0. The average Bonchev–Trinajstić information content (AvgIpc) is 2.80. The van der Waals surface area contributed by atoms with Gasteiger partial charge < -0.3 is 16.0 Å². The summed E-state index contributed by atoms with van der Waals surface area (Å²) in [5.41, 5.74) is 6.61. The van der Waals surface area contributed by atoms with Crippen LogP contribution in [0, 0.1) is 0 Å². The number of hydrogen-bond donors (Lipinski definition) is 2. The Hall–Kier alpha value is -2.75. The zero-order valence-electron chi connectivity index (χ0n) is 19.8. The Labute approximate surface area is 207 Å². The molecule has 0 atom stereocenters. The van der Waals surface area contributed by atoms with Crippen LogP contribution in [0.4, 0.5) is 35.4 Å². The van der Waals surface area contributed by atoms with Crippen LogP contribution in [-0.2, 0) is 19.0 Å². The summed E-state index contributed by atoms with van der Waals surface area (Å²) in [6, 6.07) is 2.06. The maximum Gasteiger partial charge on any atom is 0.418 e. The number of anilines is 3. The van der Waals surface area contributed by atoms with Crippen molar-refractivity contribution in [1.29, 1.82) is 0 Å². The number of primary amides is 1. The summed E-state index contributed by atoms with van der Waals surface area (Å²) in [5.74, 6) is 1.50. The molecule has 7 nitrogen and oxygen atoms in total. The highest BCUT2D eigenvalue weighted by Crippen LogP contribution is 2.40. The van der Waals surface area contributed by atoms with Crippen molar-refractivity contribution < 1.29 is 18.0 Å². The van der Waals surface area contributed by atoms with Crippen molar-refractivity contribution in [2.24, 2.45) is 5.73 Å². The minimum atomic E-state index is -4.67. The number of alkyl halides is 3. The van der Waals surface area contributed by atoms with Gasteiger partial charge in [-0.3, -0.25) is 4.90 Å². The van der Waals surface area contributed by atoms with E-state index in [-0.39, 0.29) is 16.8 Å². The van der Waals surface area contributed by atoms with Gasteiger partial charge >= 0.3 is 12.2 Å². The normalized spacial score (nSPS) is 20.2. The van der Waals surface area contributed by atoms with Crippen molar-refractivity contribution in [3.8, 4) is 0 Å². The van der Waals surface area contributed by atoms with Crippen LogP contribution < -0.4 is 20.9 Å². The van der Waals surface area contributed by atoms with Crippen molar-refractivity contribution in [2.75, 3.05) is 29.2 Å². The Morgan fingerprint density at radius 3 is 2.43 bits per heavy atom. The molecule has 1 aromatic heterocycles. The van der Waals surface area contributed by atoms with E-state index in [1.54, 1.807) is 0 Å². The molecule has 0 unspecified atom stereocenters. The maximum atomic E-state index is 13.7. The van der Waals surface area contributed by atoms with E-state index in [0.29, 0.717) is 31.6 Å². The Morgan fingerprint density at radius 2 is 1.80 bits per heavy atom. The molecule has 0 radical (unpaired) electrons. The molecule has 1 aromatic carbocycles. The molecular formula is C24H30ClF3N6O. The third-order valence-corrected chi connectivity index (χ3v) is 6.98. The highest BCUT2D eigenvalue weighted by atomic mass is 35.5. The number of halogens is 4. The zero-order chi connectivity index (χ0) is 25.3. The van der Waals surface area contributed by atoms with Gasteiger partial charge in [0.05, 0.1) is 16.9 Å². The summed E-state index contributed by atoms with van der Waals surface area (Å²) >= 11 is 5.81. The van der Waals surface area contributed by atoms with E-state index in [9.17, 15) is 18.0 Å². The second kappa shape index (κ2) is 10.1. The molecule has 190 valence electrons. The number of fused-ring (bicyclic) bond motifs is 1. The number of aromatic nitrogens is 2. The Morgan fingerprint density at radius 1 is 1.11 bits per heavy atom. The Balaban J connectivity index is 1.50.